The minimum Gasteiger partial charge on any atom is -0.300 e. The average Bonchev–Trinajstić information content (AvgIpc) is 2.35. The topological polar surface area (TPSA) is 52.0 Å². The van der Waals surface area contributed by atoms with Gasteiger partial charge in [0.15, 0.2) is 0 Å². The highest BCUT2D eigenvalue weighted by molar-refractivity contribution is 4.87. The molecule has 1 saturated carbocycles. The van der Waals surface area contributed by atoms with E-state index in [9.17, 15) is 0 Å². The molecule has 1 aliphatic carbocycles. The summed E-state index contributed by atoms with van der Waals surface area (Å²) in [6.45, 7) is 3.04. The molecule has 4 heteroatoms. The van der Waals surface area contributed by atoms with Crippen molar-refractivity contribution in [1.82, 2.24) is 4.90 Å². The Morgan fingerprint density at radius 1 is 1.19 bits per heavy atom. The molecule has 0 N–H and O–H groups in total. The summed E-state index contributed by atoms with van der Waals surface area (Å²) in [5.41, 5.74) is 8.24. The Hall–Kier alpha value is -0.730. The molecule has 0 spiro atoms. The van der Waals surface area contributed by atoms with Gasteiger partial charge in [0.05, 0.1) is 0 Å². The lowest BCUT2D eigenvalue weighted by atomic mass is 9.78. The van der Waals surface area contributed by atoms with Crippen LogP contribution in [0.4, 0.5) is 0 Å². The van der Waals surface area contributed by atoms with E-state index in [0.717, 1.165) is 24.9 Å². The molecule has 1 aliphatic heterocycles. The van der Waals surface area contributed by atoms with Gasteiger partial charge in [-0.05, 0) is 56.6 Å². The lowest BCUT2D eigenvalue weighted by Gasteiger charge is -2.44. The zero-order valence-electron chi connectivity index (χ0n) is 10.0. The van der Waals surface area contributed by atoms with Gasteiger partial charge in [-0.25, -0.2) is 0 Å². The lowest BCUT2D eigenvalue weighted by molar-refractivity contribution is 0.0606. The molecule has 2 rings (SSSR count). The number of azide groups is 1. The van der Waals surface area contributed by atoms with Crippen LogP contribution in [0.3, 0.4) is 0 Å². The number of piperidine rings is 1. The van der Waals surface area contributed by atoms with Crippen LogP contribution in [0, 0.1) is 5.92 Å². The first kappa shape index (κ1) is 11.7. The highest BCUT2D eigenvalue weighted by Crippen LogP contribution is 2.35. The number of likely N-dealkylation sites (tertiary alicyclic amines) is 1. The standard InChI is InChI=1S/C12H22N4/c13-15-14-8-4-10-16-9-3-6-11-5-1-2-7-12(11)16/h11-12H,1-10H2/t11-,12-/m1/s1. The van der Waals surface area contributed by atoms with Gasteiger partial charge in [0, 0.05) is 17.5 Å². The van der Waals surface area contributed by atoms with E-state index in [2.05, 4.69) is 14.9 Å². The van der Waals surface area contributed by atoms with Crippen LogP contribution >= 0.6 is 0 Å². The highest BCUT2D eigenvalue weighted by Gasteiger charge is 2.32. The minimum atomic E-state index is 0.657. The monoisotopic (exact) mass is 222 g/mol. The Kier molecular flexibility index (Phi) is 4.49. The van der Waals surface area contributed by atoms with Gasteiger partial charge in [0.25, 0.3) is 0 Å². The highest BCUT2D eigenvalue weighted by atomic mass is 15.2. The van der Waals surface area contributed by atoms with Crippen molar-refractivity contribution in [2.45, 2.75) is 51.0 Å². The lowest BCUT2D eigenvalue weighted by Crippen LogP contribution is -2.47. The summed E-state index contributed by atoms with van der Waals surface area (Å²) in [6.07, 6.45) is 9.51. The van der Waals surface area contributed by atoms with E-state index in [1.807, 2.05) is 0 Å². The number of hydrogen-bond donors (Lipinski definition) is 0. The van der Waals surface area contributed by atoms with Gasteiger partial charge in [0.2, 0.25) is 0 Å². The van der Waals surface area contributed by atoms with Gasteiger partial charge in [0.1, 0.15) is 0 Å². The van der Waals surface area contributed by atoms with Crippen molar-refractivity contribution in [3.8, 4) is 0 Å². The van der Waals surface area contributed by atoms with Crippen molar-refractivity contribution in [2.75, 3.05) is 19.6 Å². The molecule has 90 valence electrons. The fourth-order valence-corrected chi connectivity index (χ4v) is 3.39. The van der Waals surface area contributed by atoms with Gasteiger partial charge in [-0.1, -0.05) is 18.0 Å². The normalized spacial score (nSPS) is 30.5. The largest absolute Gasteiger partial charge is 0.300 e. The Labute approximate surface area is 97.6 Å². The SMILES string of the molecule is [N-]=[N+]=NCCCN1CCC[C@H]2CCCC[C@H]21. The smallest absolute Gasteiger partial charge is 0.0270 e. The van der Waals surface area contributed by atoms with Crippen LogP contribution in [0.25, 0.3) is 10.4 Å². The first-order valence-corrected chi connectivity index (χ1v) is 6.66. The molecule has 1 heterocycles. The second-order valence-electron chi connectivity index (χ2n) is 5.10. The maximum atomic E-state index is 8.24. The molecular formula is C12H22N4. The van der Waals surface area contributed by atoms with Gasteiger partial charge >= 0.3 is 0 Å². The van der Waals surface area contributed by atoms with Crippen LogP contribution in [-0.2, 0) is 0 Å². The molecule has 0 aromatic rings. The summed E-state index contributed by atoms with van der Waals surface area (Å²) in [5, 5.41) is 3.61. The predicted octanol–water partition coefficient (Wildman–Crippen LogP) is 3.34. The Bertz CT molecular complexity index is 258. The van der Waals surface area contributed by atoms with E-state index >= 15 is 0 Å². The van der Waals surface area contributed by atoms with Crippen molar-refractivity contribution in [2.24, 2.45) is 11.0 Å². The maximum Gasteiger partial charge on any atom is 0.0270 e. The zero-order chi connectivity index (χ0) is 11.2. The molecule has 2 atom stereocenters. The van der Waals surface area contributed by atoms with Crippen molar-refractivity contribution < 1.29 is 0 Å². The van der Waals surface area contributed by atoms with Crippen LogP contribution in [0.1, 0.15) is 44.9 Å². The summed E-state index contributed by atoms with van der Waals surface area (Å²) >= 11 is 0. The molecule has 0 unspecified atom stereocenters. The van der Waals surface area contributed by atoms with Crippen LogP contribution < -0.4 is 0 Å². The molecule has 0 radical (unpaired) electrons. The molecule has 0 amide bonds. The van der Waals surface area contributed by atoms with Crippen LogP contribution in [0.5, 0.6) is 0 Å². The number of nitrogens with zero attached hydrogens (tertiary/aromatic N) is 4. The van der Waals surface area contributed by atoms with Crippen molar-refractivity contribution in [3.05, 3.63) is 10.4 Å². The predicted molar refractivity (Wildman–Crippen MR) is 65.2 cm³/mol. The second kappa shape index (κ2) is 6.12. The van der Waals surface area contributed by atoms with Crippen LogP contribution in [0.15, 0.2) is 5.11 Å². The molecule has 0 aromatic carbocycles. The quantitative estimate of drug-likeness (QED) is 0.311. The molecule has 0 bridgehead atoms. The number of hydrogen-bond acceptors (Lipinski definition) is 2. The second-order valence-corrected chi connectivity index (χ2v) is 5.10. The third-order valence-electron chi connectivity index (χ3n) is 4.12. The van der Waals surface area contributed by atoms with Crippen molar-refractivity contribution in [1.29, 1.82) is 0 Å². The van der Waals surface area contributed by atoms with Crippen LogP contribution in [-0.4, -0.2) is 30.6 Å². The third-order valence-corrected chi connectivity index (χ3v) is 4.12. The maximum absolute atomic E-state index is 8.24. The Morgan fingerprint density at radius 2 is 2.00 bits per heavy atom. The van der Waals surface area contributed by atoms with Crippen LogP contribution in [0.2, 0.25) is 0 Å². The van der Waals surface area contributed by atoms with E-state index in [-0.39, 0.29) is 0 Å². The van der Waals surface area contributed by atoms with Crippen molar-refractivity contribution >= 4 is 0 Å². The van der Waals surface area contributed by atoms with Gasteiger partial charge in [-0.2, -0.15) is 0 Å². The molecule has 1 saturated heterocycles. The summed E-state index contributed by atoms with van der Waals surface area (Å²) in [5.74, 6) is 0.960. The first-order valence-electron chi connectivity index (χ1n) is 6.66. The number of rotatable bonds is 4. The molecule has 4 nitrogen and oxygen atoms in total. The molecule has 16 heavy (non-hydrogen) atoms. The first-order chi connectivity index (χ1) is 7.92. The fraction of sp³-hybridized carbons (Fsp3) is 1.00. The van der Waals surface area contributed by atoms with E-state index < -0.39 is 0 Å². The van der Waals surface area contributed by atoms with Crippen molar-refractivity contribution in [3.63, 3.8) is 0 Å². The van der Waals surface area contributed by atoms with E-state index in [1.54, 1.807) is 0 Å². The minimum absolute atomic E-state index is 0.657. The molecule has 2 fully saturated rings. The van der Waals surface area contributed by atoms with Gasteiger partial charge < -0.3 is 4.90 Å². The Balaban J connectivity index is 1.80. The van der Waals surface area contributed by atoms with Gasteiger partial charge in [-0.15, -0.1) is 0 Å². The Morgan fingerprint density at radius 3 is 2.88 bits per heavy atom. The molecule has 2 aliphatic rings. The average molecular weight is 222 g/mol. The molecule has 0 aromatic heterocycles. The summed E-state index contributed by atoms with van der Waals surface area (Å²) in [6, 6.07) is 0.841. The van der Waals surface area contributed by atoms with E-state index in [1.165, 1.54) is 45.1 Å². The van der Waals surface area contributed by atoms with E-state index in [4.69, 9.17) is 5.53 Å². The van der Waals surface area contributed by atoms with Gasteiger partial charge in [-0.3, -0.25) is 0 Å². The summed E-state index contributed by atoms with van der Waals surface area (Å²) in [7, 11) is 0. The number of fused-ring (bicyclic) bond motifs is 1. The zero-order valence-corrected chi connectivity index (χ0v) is 10.0. The molecular weight excluding hydrogens is 200 g/mol. The van der Waals surface area contributed by atoms with E-state index in [0.29, 0.717) is 6.54 Å². The fourth-order valence-electron chi connectivity index (χ4n) is 3.39. The summed E-state index contributed by atoms with van der Waals surface area (Å²) < 4.78 is 0. The third kappa shape index (κ3) is 2.89. The summed E-state index contributed by atoms with van der Waals surface area (Å²) in [4.78, 5) is 5.46.